The lowest BCUT2D eigenvalue weighted by atomic mass is 10.1. The maximum atomic E-state index is 5.82. The summed E-state index contributed by atoms with van der Waals surface area (Å²) in [5, 5.41) is 4.73. The van der Waals surface area contributed by atoms with E-state index in [1.54, 1.807) is 0 Å². The van der Waals surface area contributed by atoms with Crippen LogP contribution in [0.25, 0.3) is 11.0 Å². The van der Waals surface area contributed by atoms with Gasteiger partial charge in [-0.2, -0.15) is 0 Å². The third-order valence-electron chi connectivity index (χ3n) is 4.26. The summed E-state index contributed by atoms with van der Waals surface area (Å²) in [6.45, 7) is 8.95. The predicted molar refractivity (Wildman–Crippen MR) is 82.7 cm³/mol. The fourth-order valence-corrected chi connectivity index (χ4v) is 3.02. The van der Waals surface area contributed by atoms with Crippen molar-refractivity contribution in [2.24, 2.45) is 5.92 Å². The van der Waals surface area contributed by atoms with Gasteiger partial charge in [-0.1, -0.05) is 18.2 Å². The highest BCUT2D eigenvalue weighted by Crippen LogP contribution is 2.20. The van der Waals surface area contributed by atoms with Gasteiger partial charge >= 0.3 is 0 Å². The Hall–Kier alpha value is -1.32. The molecule has 1 N–H and O–H groups in total. The topological polar surface area (TPSA) is 28.4 Å². The Kier molecular flexibility index (Phi) is 4.08. The number of hydrogen-bond donors (Lipinski definition) is 1. The SMILES string of the molecule is CC(C)N1CCC(CNCc2cc3ccccc3o2)C1. The molecule has 1 atom stereocenters. The van der Waals surface area contributed by atoms with Crippen LogP contribution in [0, 0.1) is 5.92 Å². The Labute approximate surface area is 120 Å². The molecule has 1 aliphatic rings. The minimum atomic E-state index is 0.676. The standard InChI is InChI=1S/C17H24N2O/c1-13(2)19-8-7-14(12-19)10-18-11-16-9-15-5-3-4-6-17(15)20-16/h3-6,9,13-14,18H,7-8,10-12H2,1-2H3. The first-order valence-electron chi connectivity index (χ1n) is 7.64. The van der Waals surface area contributed by atoms with Gasteiger partial charge < -0.3 is 14.6 Å². The molecule has 1 unspecified atom stereocenters. The predicted octanol–water partition coefficient (Wildman–Crippen LogP) is 3.25. The van der Waals surface area contributed by atoms with Crippen molar-refractivity contribution in [2.45, 2.75) is 32.9 Å². The van der Waals surface area contributed by atoms with E-state index in [-0.39, 0.29) is 0 Å². The van der Waals surface area contributed by atoms with E-state index in [0.29, 0.717) is 6.04 Å². The highest BCUT2D eigenvalue weighted by atomic mass is 16.3. The Morgan fingerprint density at radius 2 is 2.20 bits per heavy atom. The van der Waals surface area contributed by atoms with Crippen LogP contribution in [0.3, 0.4) is 0 Å². The molecule has 0 bridgehead atoms. The van der Waals surface area contributed by atoms with E-state index in [0.717, 1.165) is 30.4 Å². The maximum absolute atomic E-state index is 5.82. The van der Waals surface area contributed by atoms with Crippen LogP contribution in [-0.4, -0.2) is 30.6 Å². The first-order valence-corrected chi connectivity index (χ1v) is 7.64. The first kappa shape index (κ1) is 13.7. The van der Waals surface area contributed by atoms with Gasteiger partial charge in [0.25, 0.3) is 0 Å². The quantitative estimate of drug-likeness (QED) is 0.905. The van der Waals surface area contributed by atoms with Crippen LogP contribution in [-0.2, 0) is 6.54 Å². The second kappa shape index (κ2) is 5.98. The number of nitrogens with zero attached hydrogens (tertiary/aromatic N) is 1. The summed E-state index contributed by atoms with van der Waals surface area (Å²) in [5.74, 6) is 1.81. The minimum absolute atomic E-state index is 0.676. The fourth-order valence-electron chi connectivity index (χ4n) is 3.02. The van der Waals surface area contributed by atoms with Crippen molar-refractivity contribution < 1.29 is 4.42 Å². The second-order valence-corrected chi connectivity index (χ2v) is 6.12. The third kappa shape index (κ3) is 3.05. The van der Waals surface area contributed by atoms with Crippen LogP contribution in [0.4, 0.5) is 0 Å². The van der Waals surface area contributed by atoms with Gasteiger partial charge in [-0.3, -0.25) is 0 Å². The van der Waals surface area contributed by atoms with Gasteiger partial charge in [0.15, 0.2) is 0 Å². The lowest BCUT2D eigenvalue weighted by Crippen LogP contribution is -2.30. The molecule has 0 spiro atoms. The average molecular weight is 272 g/mol. The van der Waals surface area contributed by atoms with Crippen LogP contribution in [0.15, 0.2) is 34.7 Å². The van der Waals surface area contributed by atoms with Gasteiger partial charge in [0.1, 0.15) is 11.3 Å². The second-order valence-electron chi connectivity index (χ2n) is 6.12. The van der Waals surface area contributed by atoms with Crippen LogP contribution in [0.5, 0.6) is 0 Å². The summed E-state index contributed by atoms with van der Waals surface area (Å²) in [6.07, 6.45) is 1.31. The zero-order valence-corrected chi connectivity index (χ0v) is 12.4. The van der Waals surface area contributed by atoms with Crippen LogP contribution >= 0.6 is 0 Å². The van der Waals surface area contributed by atoms with Gasteiger partial charge in [0.05, 0.1) is 6.54 Å². The number of likely N-dealkylation sites (tertiary alicyclic amines) is 1. The molecule has 3 nitrogen and oxygen atoms in total. The zero-order valence-electron chi connectivity index (χ0n) is 12.4. The Bertz CT molecular complexity index is 528. The molecular weight excluding hydrogens is 248 g/mol. The van der Waals surface area contributed by atoms with Crippen molar-refractivity contribution in [3.63, 3.8) is 0 Å². The summed E-state index contributed by atoms with van der Waals surface area (Å²) in [4.78, 5) is 2.56. The highest BCUT2D eigenvalue weighted by Gasteiger charge is 2.23. The largest absolute Gasteiger partial charge is 0.460 e. The van der Waals surface area contributed by atoms with Crippen LogP contribution in [0.1, 0.15) is 26.0 Å². The van der Waals surface area contributed by atoms with Gasteiger partial charge in [-0.15, -0.1) is 0 Å². The van der Waals surface area contributed by atoms with E-state index >= 15 is 0 Å². The number of furan rings is 1. The lowest BCUT2D eigenvalue weighted by Gasteiger charge is -2.20. The Morgan fingerprint density at radius 1 is 1.35 bits per heavy atom. The highest BCUT2D eigenvalue weighted by molar-refractivity contribution is 5.77. The zero-order chi connectivity index (χ0) is 13.9. The van der Waals surface area contributed by atoms with Gasteiger partial charge in [-0.25, -0.2) is 0 Å². The number of para-hydroxylation sites is 1. The molecule has 1 aliphatic heterocycles. The molecule has 2 heterocycles. The number of fused-ring (bicyclic) bond motifs is 1. The molecule has 0 amide bonds. The first-order chi connectivity index (χ1) is 9.72. The molecule has 1 saturated heterocycles. The van der Waals surface area contributed by atoms with Crippen LogP contribution < -0.4 is 5.32 Å². The maximum Gasteiger partial charge on any atom is 0.134 e. The fraction of sp³-hybridized carbons (Fsp3) is 0.529. The molecule has 0 aliphatic carbocycles. The van der Waals surface area contributed by atoms with Crippen molar-refractivity contribution >= 4 is 11.0 Å². The molecule has 0 saturated carbocycles. The van der Waals surface area contributed by atoms with Crippen molar-refractivity contribution in [3.8, 4) is 0 Å². The smallest absolute Gasteiger partial charge is 0.134 e. The van der Waals surface area contributed by atoms with Crippen LogP contribution in [0.2, 0.25) is 0 Å². The van der Waals surface area contributed by atoms with E-state index < -0.39 is 0 Å². The van der Waals surface area contributed by atoms with Crippen molar-refractivity contribution in [1.82, 2.24) is 10.2 Å². The summed E-state index contributed by atoms with van der Waals surface area (Å²) in [5.41, 5.74) is 0.983. The normalized spacial score (nSPS) is 20.2. The van der Waals surface area contributed by atoms with Crippen molar-refractivity contribution in [3.05, 3.63) is 36.1 Å². The summed E-state index contributed by atoms with van der Waals surface area (Å²) >= 11 is 0. The molecule has 3 rings (SSSR count). The molecule has 3 heteroatoms. The van der Waals surface area contributed by atoms with E-state index in [1.807, 2.05) is 18.2 Å². The molecule has 20 heavy (non-hydrogen) atoms. The van der Waals surface area contributed by atoms with Crippen molar-refractivity contribution in [1.29, 1.82) is 0 Å². The number of benzene rings is 1. The molecule has 1 aromatic carbocycles. The molecular formula is C17H24N2O. The summed E-state index contributed by atoms with van der Waals surface area (Å²) in [6, 6.07) is 11.0. The number of rotatable bonds is 5. The van der Waals surface area contributed by atoms with E-state index in [4.69, 9.17) is 4.42 Å². The third-order valence-corrected chi connectivity index (χ3v) is 4.26. The van der Waals surface area contributed by atoms with Gasteiger partial charge in [0.2, 0.25) is 0 Å². The molecule has 0 radical (unpaired) electrons. The number of nitrogens with one attached hydrogen (secondary N) is 1. The monoisotopic (exact) mass is 272 g/mol. The van der Waals surface area contributed by atoms with Crippen molar-refractivity contribution in [2.75, 3.05) is 19.6 Å². The molecule has 108 valence electrons. The number of hydrogen-bond acceptors (Lipinski definition) is 3. The van der Waals surface area contributed by atoms with E-state index in [2.05, 4.69) is 36.2 Å². The van der Waals surface area contributed by atoms with E-state index in [9.17, 15) is 0 Å². The van der Waals surface area contributed by atoms with Gasteiger partial charge in [-0.05, 0) is 51.4 Å². The lowest BCUT2D eigenvalue weighted by molar-refractivity contribution is 0.263. The molecule has 2 aromatic rings. The van der Waals surface area contributed by atoms with Gasteiger partial charge in [0, 0.05) is 18.0 Å². The minimum Gasteiger partial charge on any atom is -0.460 e. The average Bonchev–Trinajstić information content (AvgIpc) is 3.04. The van der Waals surface area contributed by atoms with E-state index in [1.165, 1.54) is 24.9 Å². The Balaban J connectivity index is 1.48. The molecule has 1 aromatic heterocycles. The Morgan fingerprint density at radius 3 is 2.95 bits per heavy atom. The molecule has 1 fully saturated rings. The summed E-state index contributed by atoms with van der Waals surface area (Å²) in [7, 11) is 0. The summed E-state index contributed by atoms with van der Waals surface area (Å²) < 4.78 is 5.82.